The topological polar surface area (TPSA) is 58.9 Å². The van der Waals surface area contributed by atoms with Gasteiger partial charge in [-0.15, -0.1) is 0 Å². The maximum Gasteiger partial charge on any atom is 0.212 e. The Hall–Kier alpha value is -1.88. The Balaban J connectivity index is 2.66. The lowest BCUT2D eigenvalue weighted by Gasteiger charge is -2.09. The first kappa shape index (κ1) is 13.5. The van der Waals surface area contributed by atoms with Gasteiger partial charge in [0.2, 0.25) is 5.78 Å². The molecule has 0 radical (unpaired) electrons. The zero-order chi connectivity index (χ0) is 13.8. The number of hydrogen-bond donors (Lipinski definition) is 1. The molecule has 2 aromatic rings. The molecule has 0 heterocycles. The number of ether oxygens (including phenoxy) is 1. The maximum absolute atomic E-state index is 12.3. The van der Waals surface area contributed by atoms with Gasteiger partial charge in [-0.05, 0) is 17.5 Å². The van der Waals surface area contributed by atoms with Crippen LogP contribution in [-0.2, 0) is 0 Å². The molecule has 0 saturated heterocycles. The van der Waals surface area contributed by atoms with Crippen LogP contribution in [0, 0.1) is 0 Å². The van der Waals surface area contributed by atoms with E-state index in [2.05, 4.69) is 21.1 Å². The largest absolute Gasteiger partial charge is 0.496 e. The summed E-state index contributed by atoms with van der Waals surface area (Å²) in [5.74, 6) is 0.395. The van der Waals surface area contributed by atoms with Crippen molar-refractivity contribution in [3.05, 3.63) is 42.0 Å². The molecule has 19 heavy (non-hydrogen) atoms. The zero-order valence-electron chi connectivity index (χ0n) is 10.3. The Bertz CT molecular complexity index is 652. The van der Waals surface area contributed by atoms with Crippen LogP contribution in [0.2, 0.25) is 0 Å². The molecule has 2 rings (SSSR count). The van der Waals surface area contributed by atoms with Crippen molar-refractivity contribution >= 4 is 38.2 Å². The molecule has 0 aliphatic heterocycles. The van der Waals surface area contributed by atoms with Crippen LogP contribution in [0.15, 0.2) is 41.6 Å². The van der Waals surface area contributed by atoms with Crippen molar-refractivity contribution in [1.29, 1.82) is 0 Å². The molecule has 0 aliphatic rings. The van der Waals surface area contributed by atoms with Crippen LogP contribution in [-0.4, -0.2) is 29.1 Å². The number of ketones is 1. The lowest BCUT2D eigenvalue weighted by Crippen LogP contribution is -2.16. The van der Waals surface area contributed by atoms with Gasteiger partial charge in [-0.2, -0.15) is 0 Å². The quantitative estimate of drug-likeness (QED) is 0.309. The fraction of sp³-hybridized carbons (Fsp3) is 0.143. The molecule has 4 nitrogen and oxygen atoms in total. The van der Waals surface area contributed by atoms with Crippen molar-refractivity contribution in [2.75, 3.05) is 12.4 Å². The summed E-state index contributed by atoms with van der Waals surface area (Å²) in [4.78, 5) is 12.3. The van der Waals surface area contributed by atoms with Gasteiger partial charge in [0.25, 0.3) is 0 Å². The van der Waals surface area contributed by atoms with E-state index in [9.17, 15) is 4.79 Å². The molecular weight excluding hydrogens is 310 g/mol. The molecule has 0 atom stereocenters. The minimum atomic E-state index is -0.307. The van der Waals surface area contributed by atoms with Crippen molar-refractivity contribution in [3.8, 4) is 5.75 Å². The van der Waals surface area contributed by atoms with E-state index >= 15 is 0 Å². The highest BCUT2D eigenvalue weighted by atomic mass is 79.9. The van der Waals surface area contributed by atoms with Crippen molar-refractivity contribution < 1.29 is 14.7 Å². The van der Waals surface area contributed by atoms with Crippen molar-refractivity contribution in [2.24, 2.45) is 5.16 Å². The molecule has 1 N–H and O–H groups in total. The second kappa shape index (κ2) is 5.84. The average molecular weight is 322 g/mol. The molecule has 0 saturated carbocycles. The number of carbonyl (C=O) groups excluding carboxylic acids is 1. The second-order valence-electron chi connectivity index (χ2n) is 3.87. The highest BCUT2D eigenvalue weighted by Crippen LogP contribution is 2.28. The molecule has 98 valence electrons. The third-order valence-electron chi connectivity index (χ3n) is 2.86. The first-order valence-electron chi connectivity index (χ1n) is 5.60. The minimum Gasteiger partial charge on any atom is -0.496 e. The Kier molecular flexibility index (Phi) is 4.16. The molecule has 0 aliphatic carbocycles. The predicted molar refractivity (Wildman–Crippen MR) is 77.8 cm³/mol. The molecule has 2 aromatic carbocycles. The monoisotopic (exact) mass is 321 g/mol. The molecule has 0 bridgehead atoms. The molecule has 0 spiro atoms. The number of Topliss-reactive ketones (excluding diaryl/α,β-unsaturated/α-hetero) is 1. The van der Waals surface area contributed by atoms with E-state index in [1.54, 1.807) is 19.2 Å². The number of hydrogen-bond acceptors (Lipinski definition) is 4. The fourth-order valence-electron chi connectivity index (χ4n) is 1.94. The summed E-state index contributed by atoms with van der Waals surface area (Å²) in [7, 11) is 1.59. The minimum absolute atomic E-state index is 0.0651. The number of halogens is 1. The Morgan fingerprint density at radius 3 is 2.53 bits per heavy atom. The highest BCUT2D eigenvalue weighted by Gasteiger charge is 2.17. The van der Waals surface area contributed by atoms with Gasteiger partial charge in [0.05, 0.1) is 12.4 Å². The maximum atomic E-state index is 12.3. The van der Waals surface area contributed by atoms with E-state index in [1.807, 2.05) is 24.3 Å². The summed E-state index contributed by atoms with van der Waals surface area (Å²) in [5.41, 5.74) is 0.555. The summed E-state index contributed by atoms with van der Waals surface area (Å²) in [5, 5.41) is 13.7. The summed E-state index contributed by atoms with van der Waals surface area (Å²) in [6.07, 6.45) is 0. The van der Waals surface area contributed by atoms with Crippen LogP contribution in [0.25, 0.3) is 10.8 Å². The van der Waals surface area contributed by atoms with Crippen molar-refractivity contribution in [2.45, 2.75) is 0 Å². The average Bonchev–Trinajstić information content (AvgIpc) is 2.47. The first-order valence-corrected chi connectivity index (χ1v) is 6.72. The van der Waals surface area contributed by atoms with Crippen LogP contribution in [0.3, 0.4) is 0 Å². The third kappa shape index (κ3) is 2.46. The Morgan fingerprint density at radius 1 is 1.26 bits per heavy atom. The van der Waals surface area contributed by atoms with Crippen LogP contribution in [0.4, 0.5) is 0 Å². The number of oxime groups is 1. The molecule has 5 heteroatoms. The standard InChI is InChI=1S/C14H12BrNO3/c1-19-13-7-6-11(14(17)12(8-15)16-18)9-4-2-3-5-10(9)13/h2-7,18H,8H2,1H3. The predicted octanol–water partition coefficient (Wildman–Crippen LogP) is 3.26. The fourth-order valence-corrected chi connectivity index (χ4v) is 2.30. The molecule has 0 aromatic heterocycles. The SMILES string of the molecule is COc1ccc(C(=O)C(CBr)=NO)c2ccccc12. The number of fused-ring (bicyclic) bond motifs is 1. The van der Waals surface area contributed by atoms with Crippen LogP contribution < -0.4 is 4.74 Å². The van der Waals surface area contributed by atoms with Gasteiger partial charge in [0.15, 0.2) is 0 Å². The van der Waals surface area contributed by atoms with E-state index in [0.717, 1.165) is 10.8 Å². The van der Waals surface area contributed by atoms with Crippen LogP contribution in [0.1, 0.15) is 10.4 Å². The van der Waals surface area contributed by atoms with Gasteiger partial charge >= 0.3 is 0 Å². The summed E-state index contributed by atoms with van der Waals surface area (Å²) < 4.78 is 5.28. The van der Waals surface area contributed by atoms with E-state index in [0.29, 0.717) is 11.3 Å². The van der Waals surface area contributed by atoms with Crippen LogP contribution >= 0.6 is 15.9 Å². The smallest absolute Gasteiger partial charge is 0.212 e. The second-order valence-corrected chi connectivity index (χ2v) is 4.43. The normalized spacial score (nSPS) is 11.6. The number of alkyl halides is 1. The van der Waals surface area contributed by atoms with Crippen molar-refractivity contribution in [1.82, 2.24) is 0 Å². The molecular formula is C14H12BrNO3. The summed E-state index contributed by atoms with van der Waals surface area (Å²) >= 11 is 3.13. The Morgan fingerprint density at radius 2 is 1.95 bits per heavy atom. The van der Waals surface area contributed by atoms with Gasteiger partial charge in [-0.3, -0.25) is 4.79 Å². The first-order chi connectivity index (χ1) is 9.22. The summed E-state index contributed by atoms with van der Waals surface area (Å²) in [6.45, 7) is 0. The van der Waals surface area contributed by atoms with Gasteiger partial charge in [0, 0.05) is 10.9 Å². The van der Waals surface area contributed by atoms with Gasteiger partial charge in [-0.1, -0.05) is 45.4 Å². The number of carbonyl (C=O) groups is 1. The van der Waals surface area contributed by atoms with Crippen LogP contribution in [0.5, 0.6) is 5.75 Å². The van der Waals surface area contributed by atoms with E-state index in [1.165, 1.54) is 0 Å². The molecule has 0 fully saturated rings. The molecule has 0 amide bonds. The van der Waals surface area contributed by atoms with Gasteiger partial charge in [0.1, 0.15) is 11.5 Å². The highest BCUT2D eigenvalue weighted by molar-refractivity contribution is 9.09. The van der Waals surface area contributed by atoms with E-state index < -0.39 is 0 Å². The lowest BCUT2D eigenvalue weighted by molar-refractivity contribution is 0.106. The molecule has 0 unspecified atom stereocenters. The number of methoxy groups -OCH3 is 1. The lowest BCUT2D eigenvalue weighted by atomic mass is 9.99. The third-order valence-corrected chi connectivity index (χ3v) is 3.39. The van der Waals surface area contributed by atoms with Gasteiger partial charge in [-0.25, -0.2) is 0 Å². The number of rotatable bonds is 4. The van der Waals surface area contributed by atoms with Gasteiger partial charge < -0.3 is 9.94 Å². The van der Waals surface area contributed by atoms with E-state index in [-0.39, 0.29) is 16.8 Å². The zero-order valence-corrected chi connectivity index (χ0v) is 11.8. The number of nitrogens with zero attached hydrogens (tertiary/aromatic N) is 1. The number of benzene rings is 2. The van der Waals surface area contributed by atoms with E-state index in [4.69, 9.17) is 9.94 Å². The summed E-state index contributed by atoms with van der Waals surface area (Å²) in [6, 6.07) is 10.9. The van der Waals surface area contributed by atoms with Crippen molar-refractivity contribution in [3.63, 3.8) is 0 Å². The Labute approximate surface area is 118 Å².